The van der Waals surface area contributed by atoms with Crippen molar-refractivity contribution in [2.75, 3.05) is 19.1 Å². The summed E-state index contributed by atoms with van der Waals surface area (Å²) in [7, 11) is -3.39. The lowest BCUT2D eigenvalue weighted by atomic mass is 10.3. The van der Waals surface area contributed by atoms with Gasteiger partial charge in [0.1, 0.15) is 5.69 Å². The van der Waals surface area contributed by atoms with Crippen molar-refractivity contribution in [3.05, 3.63) is 46.1 Å². The lowest BCUT2D eigenvalue weighted by Gasteiger charge is -2.12. The summed E-state index contributed by atoms with van der Waals surface area (Å²) >= 11 is 0. The molecule has 2 N–H and O–H groups in total. The maximum atomic E-state index is 12.3. The van der Waals surface area contributed by atoms with Gasteiger partial charge in [-0.25, -0.2) is 9.66 Å². The van der Waals surface area contributed by atoms with E-state index in [1.807, 2.05) is 0 Å². The van der Waals surface area contributed by atoms with Crippen molar-refractivity contribution < 1.29 is 13.6 Å². The van der Waals surface area contributed by atoms with Gasteiger partial charge in [-0.15, -0.1) is 0 Å². The second-order valence-corrected chi connectivity index (χ2v) is 6.25. The Morgan fingerprint density at radius 1 is 1.27 bits per heavy atom. The molecule has 0 bridgehead atoms. The van der Waals surface area contributed by atoms with E-state index in [1.54, 1.807) is 38.1 Å². The molecule has 0 saturated carbocycles. The van der Waals surface area contributed by atoms with Crippen LogP contribution in [0.2, 0.25) is 0 Å². The van der Waals surface area contributed by atoms with E-state index in [0.29, 0.717) is 11.0 Å². The van der Waals surface area contributed by atoms with E-state index in [1.165, 1.54) is 11.9 Å². The monoisotopic (exact) mass is 323 g/mol. The van der Waals surface area contributed by atoms with E-state index in [-0.39, 0.29) is 18.9 Å². The molecule has 2 rings (SSSR count). The zero-order valence-corrected chi connectivity index (χ0v) is 13.3. The summed E-state index contributed by atoms with van der Waals surface area (Å²) in [5.74, 6) is 7.01. The molecular weight excluding hydrogens is 305 g/mol. The summed E-state index contributed by atoms with van der Waals surface area (Å²) in [5.41, 5.74) is 0.657. The van der Waals surface area contributed by atoms with Gasteiger partial charge >= 0.3 is 7.60 Å². The average Bonchev–Trinajstić information content (AvgIpc) is 2.50. The summed E-state index contributed by atoms with van der Waals surface area (Å²) < 4.78 is 23.6. The first kappa shape index (κ1) is 16.4. The molecule has 0 aliphatic heterocycles. The second kappa shape index (κ2) is 6.87. The minimum absolute atomic E-state index is 0.0702. The van der Waals surface area contributed by atoms with Gasteiger partial charge in [0.15, 0.2) is 0 Å². The molecule has 1 heterocycles. The van der Waals surface area contributed by atoms with Gasteiger partial charge in [-0.1, -0.05) is 12.1 Å². The van der Waals surface area contributed by atoms with E-state index < -0.39 is 13.2 Å². The van der Waals surface area contributed by atoms with Crippen LogP contribution in [0.5, 0.6) is 0 Å². The van der Waals surface area contributed by atoms with Crippen molar-refractivity contribution in [3.8, 4) is 0 Å². The number of nitrogen functional groups attached to an aromatic ring is 1. The van der Waals surface area contributed by atoms with E-state index in [0.717, 1.165) is 4.68 Å². The first-order chi connectivity index (χ1) is 10.5. The van der Waals surface area contributed by atoms with Gasteiger partial charge in [0.2, 0.25) is 0 Å². The van der Waals surface area contributed by atoms with Gasteiger partial charge in [-0.3, -0.25) is 9.36 Å². The number of nitrogens with zero attached hydrogens (tertiary/aromatic N) is 2. The molecule has 0 atom stereocenters. The highest BCUT2D eigenvalue weighted by Gasteiger charge is 2.19. The van der Waals surface area contributed by atoms with Gasteiger partial charge in [-0.05, 0) is 32.1 Å². The Kier molecular flexibility index (Phi) is 5.13. The predicted octanol–water partition coefficient (Wildman–Crippen LogP) is 2.35. The highest BCUT2D eigenvalue weighted by molar-refractivity contribution is 7.57. The number of aromatic nitrogens is 2. The van der Waals surface area contributed by atoms with Crippen molar-refractivity contribution in [1.82, 2.24) is 9.66 Å². The van der Waals surface area contributed by atoms with E-state index in [2.05, 4.69) is 4.98 Å². The first-order valence-corrected chi connectivity index (χ1v) is 8.47. The molecule has 118 valence electrons. The van der Waals surface area contributed by atoms with Crippen LogP contribution in [0.1, 0.15) is 19.5 Å². The third kappa shape index (κ3) is 3.44. The summed E-state index contributed by atoms with van der Waals surface area (Å²) in [6.45, 7) is 3.88. The number of benzene rings is 1. The van der Waals surface area contributed by atoms with E-state index >= 15 is 0 Å². The fraction of sp³-hybridized carbons (Fsp3) is 0.286. The molecule has 8 heteroatoms. The Hall–Kier alpha value is -1.95. The fourth-order valence-electron chi connectivity index (χ4n) is 1.93. The molecule has 7 nitrogen and oxygen atoms in total. The molecule has 1 aromatic heterocycles. The topological polar surface area (TPSA) is 96.4 Å². The van der Waals surface area contributed by atoms with Crippen LogP contribution in [0.25, 0.3) is 17.1 Å². The maximum absolute atomic E-state index is 12.3. The number of rotatable bonds is 6. The Bertz CT molecular complexity index is 790. The number of hydrogen-bond acceptors (Lipinski definition) is 6. The highest BCUT2D eigenvalue weighted by atomic mass is 31.2. The van der Waals surface area contributed by atoms with Crippen LogP contribution in [0, 0.1) is 0 Å². The number of fused-ring (bicyclic) bond motifs is 1. The summed E-state index contributed by atoms with van der Waals surface area (Å²) in [6.07, 6.45) is 1.32. The summed E-state index contributed by atoms with van der Waals surface area (Å²) in [4.78, 5) is 16.4. The molecule has 0 spiro atoms. The number of hydrogen-bond donors (Lipinski definition) is 1. The van der Waals surface area contributed by atoms with Crippen LogP contribution in [0.4, 0.5) is 0 Å². The van der Waals surface area contributed by atoms with Gasteiger partial charge in [0.25, 0.3) is 5.56 Å². The highest BCUT2D eigenvalue weighted by Crippen LogP contribution is 2.49. The van der Waals surface area contributed by atoms with Crippen LogP contribution in [-0.2, 0) is 13.6 Å². The van der Waals surface area contributed by atoms with E-state index in [4.69, 9.17) is 14.9 Å². The lowest BCUT2D eigenvalue weighted by molar-refractivity contribution is 0.229. The molecule has 0 unspecified atom stereocenters. The van der Waals surface area contributed by atoms with Crippen molar-refractivity contribution >= 4 is 24.7 Å². The normalized spacial score (nSPS) is 12.3. The number of nitrogens with two attached hydrogens (primary N) is 1. The largest absolute Gasteiger partial charge is 0.354 e. The van der Waals surface area contributed by atoms with Crippen molar-refractivity contribution in [3.63, 3.8) is 0 Å². The quantitative estimate of drug-likeness (QED) is 0.647. The third-order valence-electron chi connectivity index (χ3n) is 2.85. The summed E-state index contributed by atoms with van der Waals surface area (Å²) in [6, 6.07) is 6.99. The Morgan fingerprint density at radius 3 is 2.55 bits per heavy atom. The van der Waals surface area contributed by atoms with E-state index in [9.17, 15) is 9.36 Å². The van der Waals surface area contributed by atoms with Crippen LogP contribution in [0.15, 0.2) is 34.9 Å². The van der Waals surface area contributed by atoms with Crippen LogP contribution < -0.4 is 11.4 Å². The molecular formula is C14H18N3O4P. The SMILES string of the molecule is CCOP(=O)(/C=C/c1nc2ccccc2n(N)c1=O)OCC. The van der Waals surface area contributed by atoms with Crippen molar-refractivity contribution in [2.45, 2.75) is 13.8 Å². The molecule has 0 saturated heterocycles. The van der Waals surface area contributed by atoms with Gasteiger partial charge < -0.3 is 14.9 Å². The van der Waals surface area contributed by atoms with Gasteiger partial charge in [-0.2, -0.15) is 0 Å². The molecule has 0 aliphatic rings. The third-order valence-corrected chi connectivity index (χ3v) is 4.60. The molecule has 0 aliphatic carbocycles. The van der Waals surface area contributed by atoms with Gasteiger partial charge in [0, 0.05) is 5.82 Å². The predicted molar refractivity (Wildman–Crippen MR) is 86.0 cm³/mol. The van der Waals surface area contributed by atoms with Gasteiger partial charge in [0.05, 0.1) is 24.2 Å². The molecule has 2 aromatic rings. The Morgan fingerprint density at radius 2 is 1.91 bits per heavy atom. The first-order valence-electron chi connectivity index (χ1n) is 6.85. The second-order valence-electron chi connectivity index (χ2n) is 4.35. The summed E-state index contributed by atoms with van der Waals surface area (Å²) in [5, 5.41) is 0. The molecule has 22 heavy (non-hydrogen) atoms. The molecule has 0 fully saturated rings. The lowest BCUT2D eigenvalue weighted by Crippen LogP contribution is -2.30. The van der Waals surface area contributed by atoms with Crippen molar-refractivity contribution in [2.24, 2.45) is 0 Å². The Labute approximate surface area is 127 Å². The molecule has 0 amide bonds. The molecule has 1 aromatic carbocycles. The van der Waals surface area contributed by atoms with Crippen molar-refractivity contribution in [1.29, 1.82) is 0 Å². The smallest absolute Gasteiger partial charge is 0.336 e. The minimum atomic E-state index is -3.39. The van der Waals surface area contributed by atoms with Crippen LogP contribution >= 0.6 is 7.60 Å². The molecule has 0 radical (unpaired) electrons. The minimum Gasteiger partial charge on any atom is -0.336 e. The zero-order chi connectivity index (χ0) is 16.2. The van der Waals surface area contributed by atoms with Crippen LogP contribution in [0.3, 0.4) is 0 Å². The fourth-order valence-corrected chi connectivity index (χ4v) is 3.22. The number of para-hydroxylation sites is 2. The zero-order valence-electron chi connectivity index (χ0n) is 12.4. The average molecular weight is 323 g/mol. The standard InChI is InChI=1S/C14H18N3O4P/c1-3-20-22(19,21-4-2)10-9-12-14(18)17(15)13-8-6-5-7-11(13)16-12/h5-10H,3-4,15H2,1-2H3/b10-9+. The Balaban J connectivity index is 2.47. The van der Waals surface area contributed by atoms with Crippen LogP contribution in [-0.4, -0.2) is 22.9 Å². The maximum Gasteiger partial charge on any atom is 0.354 e.